The Kier molecular flexibility index (Phi) is 30.3. The van der Waals surface area contributed by atoms with Gasteiger partial charge in [0.15, 0.2) is 0 Å². The van der Waals surface area contributed by atoms with Crippen LogP contribution in [-0.4, -0.2) is 210 Å². The van der Waals surface area contributed by atoms with Gasteiger partial charge in [0.25, 0.3) is 0 Å². The summed E-state index contributed by atoms with van der Waals surface area (Å²) in [6.45, 7) is 12.0. The largest absolute Gasteiger partial charge is 0.465 e. The number of ether oxygens (including phenoxy) is 8. The smallest absolute Gasteiger partial charge is 0.320 e. The van der Waals surface area contributed by atoms with Gasteiger partial charge in [-0.05, 0) is 47.6 Å². The number of rotatable bonds is 35. The van der Waals surface area contributed by atoms with Crippen molar-refractivity contribution >= 4 is 29.8 Å². The third-order valence-electron chi connectivity index (χ3n) is 8.05. The Morgan fingerprint density at radius 3 is 0.929 bits per heavy atom. The molecule has 0 aliphatic heterocycles. The van der Waals surface area contributed by atoms with E-state index in [1.54, 1.807) is 39.5 Å². The van der Waals surface area contributed by atoms with Crippen LogP contribution in [0.25, 0.3) is 0 Å². The molecule has 56 heavy (non-hydrogen) atoms. The molecule has 0 spiro atoms. The number of carbonyl (C=O) groups is 5. The molecule has 0 radical (unpaired) electrons. The SMILES string of the molecule is CCOC(=O)CN(CC)CC(O)COCC(CC)(COCC(O)CN(CC(=O)OCC)CC(=O)OCC)COCC(O)CN(CC(=O)OCC)CC(=O)OCC. The second-order valence-corrected chi connectivity index (χ2v) is 13.1. The molecule has 3 N–H and O–H groups in total. The molecule has 0 aromatic carbocycles. The van der Waals surface area contributed by atoms with E-state index in [2.05, 4.69) is 0 Å². The van der Waals surface area contributed by atoms with Crippen LogP contribution < -0.4 is 0 Å². The average molecular weight is 812 g/mol. The molecule has 0 fully saturated rings. The van der Waals surface area contributed by atoms with Crippen molar-refractivity contribution in [3.8, 4) is 0 Å². The molecule has 0 rings (SSSR count). The van der Waals surface area contributed by atoms with Gasteiger partial charge in [-0.15, -0.1) is 0 Å². The fourth-order valence-electron chi connectivity index (χ4n) is 5.34. The quantitative estimate of drug-likeness (QED) is 0.0529. The van der Waals surface area contributed by atoms with Gasteiger partial charge in [-0.2, -0.15) is 0 Å². The summed E-state index contributed by atoms with van der Waals surface area (Å²) in [4.78, 5) is 65.1. The van der Waals surface area contributed by atoms with Crippen molar-refractivity contribution < 1.29 is 77.2 Å². The minimum Gasteiger partial charge on any atom is -0.465 e. The third kappa shape index (κ3) is 26.0. The molecule has 0 aliphatic carbocycles. The highest BCUT2D eigenvalue weighted by atomic mass is 16.6. The lowest BCUT2D eigenvalue weighted by atomic mass is 9.88. The van der Waals surface area contributed by atoms with E-state index in [-0.39, 0.29) is 125 Å². The number of aliphatic hydroxyl groups excluding tert-OH is 3. The minimum absolute atomic E-state index is 0.00425. The molecular formula is C37H69N3O16. The van der Waals surface area contributed by atoms with Gasteiger partial charge in [0.2, 0.25) is 0 Å². The Morgan fingerprint density at radius 2 is 0.696 bits per heavy atom. The van der Waals surface area contributed by atoms with Gasteiger partial charge in [0, 0.05) is 25.0 Å². The molecule has 0 aromatic heterocycles. The van der Waals surface area contributed by atoms with Crippen molar-refractivity contribution in [2.75, 3.05) is 132 Å². The van der Waals surface area contributed by atoms with Crippen LogP contribution in [0.3, 0.4) is 0 Å². The minimum atomic E-state index is -1.12. The van der Waals surface area contributed by atoms with Crippen LogP contribution in [-0.2, 0) is 61.9 Å². The summed E-state index contributed by atoms with van der Waals surface area (Å²) < 4.78 is 42.9. The molecule has 3 atom stereocenters. The number of hydrogen-bond donors (Lipinski definition) is 3. The molecule has 0 saturated carbocycles. The highest BCUT2D eigenvalue weighted by Gasteiger charge is 2.32. The summed E-state index contributed by atoms with van der Waals surface area (Å²) in [7, 11) is 0. The van der Waals surface area contributed by atoms with Gasteiger partial charge >= 0.3 is 29.8 Å². The van der Waals surface area contributed by atoms with Crippen molar-refractivity contribution in [1.82, 2.24) is 14.7 Å². The summed E-state index contributed by atoms with van der Waals surface area (Å²) >= 11 is 0. The highest BCUT2D eigenvalue weighted by molar-refractivity contribution is 5.75. The summed E-state index contributed by atoms with van der Waals surface area (Å²) in [6, 6.07) is 0. The molecule has 0 saturated heterocycles. The predicted molar refractivity (Wildman–Crippen MR) is 201 cm³/mol. The van der Waals surface area contributed by atoms with Gasteiger partial charge in [0.05, 0.1) is 124 Å². The highest BCUT2D eigenvalue weighted by Crippen LogP contribution is 2.25. The van der Waals surface area contributed by atoms with Crippen LogP contribution in [0.15, 0.2) is 0 Å². The fraction of sp³-hybridized carbons (Fsp3) is 0.865. The molecule has 0 aromatic rings. The lowest BCUT2D eigenvalue weighted by Gasteiger charge is -2.34. The molecule has 328 valence electrons. The van der Waals surface area contributed by atoms with Crippen molar-refractivity contribution in [2.45, 2.75) is 73.2 Å². The number of aliphatic hydroxyl groups is 3. The van der Waals surface area contributed by atoms with E-state index < -0.39 is 53.6 Å². The predicted octanol–water partition coefficient (Wildman–Crippen LogP) is -0.743. The number of likely N-dealkylation sites (N-methyl/N-ethyl adjacent to an activating group) is 1. The van der Waals surface area contributed by atoms with Crippen LogP contribution in [0.2, 0.25) is 0 Å². The van der Waals surface area contributed by atoms with E-state index in [1.165, 1.54) is 9.80 Å². The Morgan fingerprint density at radius 1 is 0.446 bits per heavy atom. The molecule has 19 nitrogen and oxygen atoms in total. The van der Waals surface area contributed by atoms with Crippen LogP contribution in [0, 0.1) is 5.41 Å². The first-order chi connectivity index (χ1) is 26.7. The Bertz CT molecular complexity index is 1000. The molecule has 3 unspecified atom stereocenters. The maximum absolute atomic E-state index is 12.2. The van der Waals surface area contributed by atoms with E-state index >= 15 is 0 Å². The number of carbonyl (C=O) groups excluding carboxylic acids is 5. The Hall–Kier alpha value is -3.01. The third-order valence-corrected chi connectivity index (χ3v) is 8.05. The first kappa shape index (κ1) is 53.0. The molecule has 0 aliphatic rings. The van der Waals surface area contributed by atoms with Crippen LogP contribution >= 0.6 is 0 Å². The van der Waals surface area contributed by atoms with Crippen molar-refractivity contribution in [1.29, 1.82) is 0 Å². The molecular weight excluding hydrogens is 742 g/mol. The summed E-state index contributed by atoms with van der Waals surface area (Å²) in [5, 5.41) is 32.4. The first-order valence-corrected chi connectivity index (χ1v) is 19.4. The lowest BCUT2D eigenvalue weighted by molar-refractivity contribution is -0.150. The van der Waals surface area contributed by atoms with Gasteiger partial charge in [0.1, 0.15) is 0 Å². The van der Waals surface area contributed by atoms with Crippen molar-refractivity contribution in [3.63, 3.8) is 0 Å². The zero-order valence-corrected chi connectivity index (χ0v) is 34.6. The van der Waals surface area contributed by atoms with E-state index in [0.717, 1.165) is 0 Å². The van der Waals surface area contributed by atoms with Crippen LogP contribution in [0.5, 0.6) is 0 Å². The standard InChI is InChI=1S/C37H69N3O16/c1-8-37(26-49-23-29(41)15-38(9-2)18-32(44)52-10-3,27-50-24-30(42)16-39(19-33(45)53-11-4)20-34(46)54-12-5)28-51-25-31(43)17-40(21-35(47)55-13-6)22-36(48)56-14-7/h29-31,41-43H,8-28H2,1-7H3. The van der Waals surface area contributed by atoms with Crippen molar-refractivity contribution in [3.05, 3.63) is 0 Å². The monoisotopic (exact) mass is 811 g/mol. The molecule has 0 bridgehead atoms. The Balaban J connectivity index is 5.74. The van der Waals surface area contributed by atoms with E-state index in [0.29, 0.717) is 13.0 Å². The fourth-order valence-corrected chi connectivity index (χ4v) is 5.34. The number of esters is 5. The normalized spacial score (nSPS) is 14.2. The maximum Gasteiger partial charge on any atom is 0.320 e. The Labute approximate surface area is 331 Å². The van der Waals surface area contributed by atoms with Crippen LogP contribution in [0.4, 0.5) is 0 Å². The summed E-state index contributed by atoms with van der Waals surface area (Å²) in [5.41, 5.74) is -0.848. The zero-order chi connectivity index (χ0) is 42.4. The second kappa shape index (κ2) is 32.0. The first-order valence-electron chi connectivity index (χ1n) is 19.4. The molecule has 19 heteroatoms. The number of nitrogens with zero attached hydrogens (tertiary/aromatic N) is 3. The van der Waals surface area contributed by atoms with Gasteiger partial charge in [-0.25, -0.2) is 0 Å². The molecule has 0 heterocycles. The van der Waals surface area contributed by atoms with E-state index in [1.807, 2.05) is 13.8 Å². The average Bonchev–Trinajstić information content (AvgIpc) is 3.11. The van der Waals surface area contributed by atoms with Crippen LogP contribution in [0.1, 0.15) is 54.9 Å². The lowest BCUT2D eigenvalue weighted by Crippen LogP contribution is -2.44. The zero-order valence-electron chi connectivity index (χ0n) is 34.6. The van der Waals surface area contributed by atoms with Gasteiger partial charge in [-0.1, -0.05) is 13.8 Å². The summed E-state index contributed by atoms with van der Waals surface area (Å²) in [6.07, 6.45) is -2.75. The summed E-state index contributed by atoms with van der Waals surface area (Å²) in [5.74, 6) is -2.67. The second-order valence-electron chi connectivity index (χ2n) is 13.1. The molecule has 0 amide bonds. The number of hydrogen-bond acceptors (Lipinski definition) is 19. The van der Waals surface area contributed by atoms with Crippen molar-refractivity contribution in [2.24, 2.45) is 5.41 Å². The maximum atomic E-state index is 12.2. The van der Waals surface area contributed by atoms with E-state index in [9.17, 15) is 39.3 Å². The van der Waals surface area contributed by atoms with E-state index in [4.69, 9.17) is 37.9 Å². The van der Waals surface area contributed by atoms with Gasteiger partial charge in [-0.3, -0.25) is 38.7 Å². The topological polar surface area (TPSA) is 230 Å². The van der Waals surface area contributed by atoms with Gasteiger partial charge < -0.3 is 53.2 Å².